The lowest BCUT2D eigenvalue weighted by atomic mass is 10.1. The Bertz CT molecular complexity index is 1100. The normalized spacial score (nSPS) is 11.1. The Labute approximate surface area is 145 Å². The van der Waals surface area contributed by atoms with Crippen molar-refractivity contribution < 1.29 is 4.79 Å². The molecule has 5 heteroatoms. The molecule has 1 amide bonds. The molecule has 25 heavy (non-hydrogen) atoms. The highest BCUT2D eigenvalue weighted by atomic mass is 16.1. The predicted molar refractivity (Wildman–Crippen MR) is 99.8 cm³/mol. The largest absolute Gasteiger partial charge is 0.310 e. The molecule has 0 atom stereocenters. The molecule has 0 fully saturated rings. The zero-order valence-electron chi connectivity index (χ0n) is 14.2. The minimum absolute atomic E-state index is 0.174. The van der Waals surface area contributed by atoms with E-state index in [1.807, 2.05) is 73.0 Å². The molecule has 0 saturated carbocycles. The summed E-state index contributed by atoms with van der Waals surface area (Å²) in [7, 11) is 0. The van der Waals surface area contributed by atoms with Gasteiger partial charge in [0.05, 0.1) is 22.1 Å². The third-order valence-corrected chi connectivity index (χ3v) is 4.28. The molecule has 124 valence electrons. The van der Waals surface area contributed by atoms with Crippen LogP contribution < -0.4 is 5.32 Å². The van der Waals surface area contributed by atoms with Gasteiger partial charge in [-0.05, 0) is 38.1 Å². The van der Waals surface area contributed by atoms with E-state index in [1.165, 1.54) is 0 Å². The van der Waals surface area contributed by atoms with Gasteiger partial charge >= 0.3 is 0 Å². The van der Waals surface area contributed by atoms with E-state index in [4.69, 9.17) is 0 Å². The number of anilines is 1. The van der Waals surface area contributed by atoms with Crippen LogP contribution in [0.5, 0.6) is 0 Å². The summed E-state index contributed by atoms with van der Waals surface area (Å²) in [6.07, 6.45) is 0. The maximum Gasteiger partial charge on any atom is 0.258 e. The molecule has 0 unspecified atom stereocenters. The van der Waals surface area contributed by atoms with Gasteiger partial charge in [0.25, 0.3) is 5.91 Å². The Morgan fingerprint density at radius 2 is 1.76 bits per heavy atom. The summed E-state index contributed by atoms with van der Waals surface area (Å²) >= 11 is 0. The van der Waals surface area contributed by atoms with Crippen molar-refractivity contribution in [2.24, 2.45) is 0 Å². The average Bonchev–Trinajstić information content (AvgIpc) is 2.97. The number of amides is 1. The molecule has 4 aromatic rings. The Kier molecular flexibility index (Phi) is 3.69. The number of aromatic nitrogens is 3. The fourth-order valence-electron chi connectivity index (χ4n) is 3.16. The zero-order valence-corrected chi connectivity index (χ0v) is 14.2. The number of aryl methyl sites for hydroxylation is 2. The second-order valence-electron chi connectivity index (χ2n) is 5.95. The van der Waals surface area contributed by atoms with Crippen LogP contribution in [0.15, 0.2) is 54.6 Å². The molecule has 0 spiro atoms. The first-order valence-electron chi connectivity index (χ1n) is 8.30. The quantitative estimate of drug-likeness (QED) is 0.613. The molecular formula is C20H18N4O. The van der Waals surface area contributed by atoms with Crippen LogP contribution in [-0.2, 0) is 6.54 Å². The van der Waals surface area contributed by atoms with Crippen molar-refractivity contribution in [2.75, 3.05) is 5.32 Å². The highest BCUT2D eigenvalue weighted by molar-refractivity contribution is 6.12. The third-order valence-electron chi connectivity index (χ3n) is 4.28. The maximum atomic E-state index is 12.9. The lowest BCUT2D eigenvalue weighted by Crippen LogP contribution is -2.16. The van der Waals surface area contributed by atoms with Gasteiger partial charge in [-0.15, -0.1) is 0 Å². The standard InChI is InChI=1S/C20H18N4O/c1-3-24-18-11-7-6-10-17(18)22-20(24)23-19(25)15-12-13(2)21-16-9-5-4-8-14(15)16/h4-12H,3H2,1-2H3,(H,22,23,25). The van der Waals surface area contributed by atoms with E-state index in [9.17, 15) is 4.79 Å². The van der Waals surface area contributed by atoms with Gasteiger partial charge in [0.15, 0.2) is 0 Å². The van der Waals surface area contributed by atoms with Crippen LogP contribution in [0, 0.1) is 6.92 Å². The topological polar surface area (TPSA) is 59.8 Å². The average molecular weight is 330 g/mol. The van der Waals surface area contributed by atoms with Crippen LogP contribution in [0.4, 0.5) is 5.95 Å². The van der Waals surface area contributed by atoms with Crippen molar-refractivity contribution in [3.05, 3.63) is 65.9 Å². The number of nitrogens with one attached hydrogen (secondary N) is 1. The number of rotatable bonds is 3. The van der Waals surface area contributed by atoms with Gasteiger partial charge in [0.1, 0.15) is 0 Å². The van der Waals surface area contributed by atoms with Crippen molar-refractivity contribution in [1.29, 1.82) is 0 Å². The van der Waals surface area contributed by atoms with Crippen molar-refractivity contribution in [3.63, 3.8) is 0 Å². The van der Waals surface area contributed by atoms with Gasteiger partial charge < -0.3 is 4.57 Å². The minimum Gasteiger partial charge on any atom is -0.310 e. The molecule has 0 aliphatic rings. The number of hydrogen-bond donors (Lipinski definition) is 1. The number of imidazole rings is 1. The van der Waals surface area contributed by atoms with Gasteiger partial charge in [-0.1, -0.05) is 30.3 Å². The molecule has 2 aromatic heterocycles. The molecule has 2 aromatic carbocycles. The Morgan fingerprint density at radius 1 is 1.04 bits per heavy atom. The molecule has 0 bridgehead atoms. The number of pyridine rings is 1. The predicted octanol–water partition coefficient (Wildman–Crippen LogP) is 4.17. The van der Waals surface area contributed by atoms with Gasteiger partial charge in [-0.2, -0.15) is 0 Å². The number of benzene rings is 2. The first-order valence-corrected chi connectivity index (χ1v) is 8.30. The summed E-state index contributed by atoms with van der Waals surface area (Å²) in [5.74, 6) is 0.388. The van der Waals surface area contributed by atoms with Gasteiger partial charge in [0.2, 0.25) is 5.95 Å². The lowest BCUT2D eigenvalue weighted by Gasteiger charge is -2.10. The van der Waals surface area contributed by atoms with Crippen LogP contribution in [0.1, 0.15) is 23.0 Å². The lowest BCUT2D eigenvalue weighted by molar-refractivity contribution is 0.102. The minimum atomic E-state index is -0.174. The molecule has 5 nitrogen and oxygen atoms in total. The molecule has 0 aliphatic heterocycles. The Balaban J connectivity index is 1.79. The van der Waals surface area contributed by atoms with Crippen LogP contribution >= 0.6 is 0 Å². The summed E-state index contributed by atoms with van der Waals surface area (Å²) in [6.45, 7) is 4.66. The Hall–Kier alpha value is -3.21. The highest BCUT2D eigenvalue weighted by Crippen LogP contribution is 2.22. The third kappa shape index (κ3) is 2.63. The first kappa shape index (κ1) is 15.3. The monoisotopic (exact) mass is 330 g/mol. The second kappa shape index (κ2) is 6.02. The fraction of sp³-hybridized carbons (Fsp3) is 0.150. The second-order valence-corrected chi connectivity index (χ2v) is 5.95. The number of fused-ring (bicyclic) bond motifs is 2. The smallest absolute Gasteiger partial charge is 0.258 e. The number of para-hydroxylation sites is 3. The van der Waals surface area contributed by atoms with E-state index in [2.05, 4.69) is 15.3 Å². The summed E-state index contributed by atoms with van der Waals surface area (Å²) in [6, 6.07) is 17.4. The van der Waals surface area contributed by atoms with Crippen molar-refractivity contribution in [1.82, 2.24) is 14.5 Å². The van der Waals surface area contributed by atoms with E-state index in [1.54, 1.807) is 0 Å². The van der Waals surface area contributed by atoms with E-state index in [-0.39, 0.29) is 5.91 Å². The molecule has 0 aliphatic carbocycles. The Morgan fingerprint density at radius 3 is 2.56 bits per heavy atom. The number of carbonyl (C=O) groups is 1. The number of carbonyl (C=O) groups excluding carboxylic acids is 1. The highest BCUT2D eigenvalue weighted by Gasteiger charge is 2.16. The maximum absolute atomic E-state index is 12.9. The number of nitrogens with zero attached hydrogens (tertiary/aromatic N) is 3. The van der Waals surface area contributed by atoms with Gasteiger partial charge in [-0.3, -0.25) is 15.1 Å². The van der Waals surface area contributed by atoms with E-state index in [0.29, 0.717) is 11.5 Å². The van der Waals surface area contributed by atoms with Crippen molar-refractivity contribution in [2.45, 2.75) is 20.4 Å². The molecule has 0 saturated heterocycles. The molecule has 4 rings (SSSR count). The van der Waals surface area contributed by atoms with Gasteiger partial charge in [0, 0.05) is 17.6 Å². The summed E-state index contributed by atoms with van der Waals surface area (Å²) in [5.41, 5.74) is 4.12. The summed E-state index contributed by atoms with van der Waals surface area (Å²) in [5, 5.41) is 3.81. The molecular weight excluding hydrogens is 312 g/mol. The van der Waals surface area contributed by atoms with Crippen molar-refractivity contribution >= 4 is 33.8 Å². The van der Waals surface area contributed by atoms with Crippen LogP contribution in [0.25, 0.3) is 21.9 Å². The van der Waals surface area contributed by atoms with Gasteiger partial charge in [-0.25, -0.2) is 4.98 Å². The van der Waals surface area contributed by atoms with E-state index < -0.39 is 0 Å². The van der Waals surface area contributed by atoms with Crippen LogP contribution in [-0.4, -0.2) is 20.4 Å². The van der Waals surface area contributed by atoms with Crippen LogP contribution in [0.3, 0.4) is 0 Å². The summed E-state index contributed by atoms with van der Waals surface area (Å²) < 4.78 is 2.00. The number of hydrogen-bond acceptors (Lipinski definition) is 3. The first-order chi connectivity index (χ1) is 12.2. The SMILES string of the molecule is CCn1c(NC(=O)c2cc(C)nc3ccccc23)nc2ccccc21. The zero-order chi connectivity index (χ0) is 17.4. The molecule has 1 N–H and O–H groups in total. The van der Waals surface area contributed by atoms with E-state index in [0.717, 1.165) is 34.2 Å². The summed E-state index contributed by atoms with van der Waals surface area (Å²) in [4.78, 5) is 22.0. The molecule has 0 radical (unpaired) electrons. The fourth-order valence-corrected chi connectivity index (χ4v) is 3.16. The van der Waals surface area contributed by atoms with E-state index >= 15 is 0 Å². The molecule has 2 heterocycles. The van der Waals surface area contributed by atoms with Crippen molar-refractivity contribution in [3.8, 4) is 0 Å². The van der Waals surface area contributed by atoms with Crippen LogP contribution in [0.2, 0.25) is 0 Å².